The summed E-state index contributed by atoms with van der Waals surface area (Å²) in [5, 5.41) is 16.7. The first-order chi connectivity index (χ1) is 16.1. The van der Waals surface area contributed by atoms with Crippen LogP contribution in [-0.2, 0) is 0 Å². The van der Waals surface area contributed by atoms with Crippen LogP contribution in [0.2, 0.25) is 0 Å². The summed E-state index contributed by atoms with van der Waals surface area (Å²) >= 11 is 0. The Balaban J connectivity index is 1.58. The maximum Gasteiger partial charge on any atom is 0.269 e. The van der Waals surface area contributed by atoms with Gasteiger partial charge in [-0.25, -0.2) is 0 Å². The number of nitrogens with one attached hydrogen (secondary N) is 1. The van der Waals surface area contributed by atoms with Crippen molar-refractivity contribution in [2.45, 2.75) is 38.1 Å². The highest BCUT2D eigenvalue weighted by Gasteiger charge is 2.34. The second kappa shape index (κ2) is 7.59. The third-order valence-electron chi connectivity index (χ3n) is 6.84. The minimum Gasteiger partial charge on any atom is -0.439 e. The van der Waals surface area contributed by atoms with Crippen LogP contribution in [0.25, 0.3) is 33.2 Å². The van der Waals surface area contributed by atoms with Crippen LogP contribution < -0.4 is 5.32 Å². The third kappa shape index (κ3) is 3.13. The van der Waals surface area contributed by atoms with Gasteiger partial charge >= 0.3 is 0 Å². The van der Waals surface area contributed by atoms with Gasteiger partial charge in [0.15, 0.2) is 5.78 Å². The van der Waals surface area contributed by atoms with Gasteiger partial charge in [0, 0.05) is 34.7 Å². The summed E-state index contributed by atoms with van der Waals surface area (Å²) < 4.78 is 6.42. The Hall–Kier alpha value is -3.93. The summed E-state index contributed by atoms with van der Waals surface area (Å²) in [6.45, 7) is 0. The van der Waals surface area contributed by atoms with Gasteiger partial charge in [-0.1, -0.05) is 55.7 Å². The predicted molar refractivity (Wildman–Crippen MR) is 128 cm³/mol. The molecular weight excluding hydrogens is 416 g/mol. The van der Waals surface area contributed by atoms with E-state index in [1.54, 1.807) is 12.1 Å². The first-order valence-electron chi connectivity index (χ1n) is 11.4. The normalized spacial score (nSPS) is 15.5. The molecule has 1 fully saturated rings. The molecule has 0 aliphatic heterocycles. The van der Waals surface area contributed by atoms with Gasteiger partial charge in [0.05, 0.1) is 16.1 Å². The highest BCUT2D eigenvalue weighted by molar-refractivity contribution is 6.28. The maximum absolute atomic E-state index is 13.8. The number of nitro groups is 1. The lowest BCUT2D eigenvalue weighted by Gasteiger charge is -2.23. The average molecular weight is 438 g/mol. The number of benzene rings is 3. The Morgan fingerprint density at radius 3 is 2.27 bits per heavy atom. The minimum absolute atomic E-state index is 0.0133. The number of nitro benzene ring substituents is 1. The van der Waals surface area contributed by atoms with Crippen LogP contribution >= 0.6 is 0 Å². The molecule has 2 aliphatic carbocycles. The SMILES string of the molecule is O=C1c2c(oc(NC3CCCCC3)c2-c2ccc([N+](=O)[O-])cc2)-c2cccc3cccc1c23. The Morgan fingerprint density at radius 2 is 1.58 bits per heavy atom. The van der Waals surface area contributed by atoms with E-state index in [2.05, 4.69) is 5.32 Å². The summed E-state index contributed by atoms with van der Waals surface area (Å²) in [6, 6.07) is 18.3. The molecule has 1 aromatic heterocycles. The lowest BCUT2D eigenvalue weighted by molar-refractivity contribution is -0.384. The zero-order chi connectivity index (χ0) is 22.5. The van der Waals surface area contributed by atoms with Gasteiger partial charge in [0.25, 0.3) is 5.69 Å². The monoisotopic (exact) mass is 438 g/mol. The molecule has 0 atom stereocenters. The second-order valence-corrected chi connectivity index (χ2v) is 8.83. The van der Waals surface area contributed by atoms with Crippen molar-refractivity contribution >= 4 is 28.1 Å². The zero-order valence-electron chi connectivity index (χ0n) is 18.0. The molecule has 1 N–H and O–H groups in total. The number of fused-ring (bicyclic) bond motifs is 2. The Morgan fingerprint density at radius 1 is 0.879 bits per heavy atom. The van der Waals surface area contributed by atoms with Gasteiger partial charge in [-0.2, -0.15) is 0 Å². The van der Waals surface area contributed by atoms with Crippen LogP contribution in [0.4, 0.5) is 11.6 Å². The van der Waals surface area contributed by atoms with Crippen LogP contribution in [0.15, 0.2) is 65.1 Å². The van der Waals surface area contributed by atoms with Crippen LogP contribution in [0, 0.1) is 10.1 Å². The van der Waals surface area contributed by atoms with Crippen molar-refractivity contribution in [3.8, 4) is 22.5 Å². The molecule has 0 saturated heterocycles. The Bertz CT molecular complexity index is 1410. The molecule has 2 aliphatic rings. The average Bonchev–Trinajstić information content (AvgIpc) is 3.22. The first-order valence-corrected chi connectivity index (χ1v) is 11.4. The smallest absolute Gasteiger partial charge is 0.269 e. The second-order valence-electron chi connectivity index (χ2n) is 8.83. The standard InChI is InChI=1S/C27H22N2O4/c30-25-20-10-4-6-16-7-5-11-21(22(16)20)26-24(25)23(17-12-14-19(15-13-17)29(31)32)27(33-26)28-18-8-2-1-3-9-18/h4-7,10-15,18,28H,1-3,8-9H2. The molecular formula is C27H22N2O4. The molecule has 3 aromatic carbocycles. The molecule has 6 nitrogen and oxygen atoms in total. The predicted octanol–water partition coefficient (Wildman–Crippen LogP) is 6.96. The van der Waals surface area contributed by atoms with Crippen molar-refractivity contribution in [1.29, 1.82) is 0 Å². The van der Waals surface area contributed by atoms with Gasteiger partial charge in [-0.3, -0.25) is 14.9 Å². The molecule has 4 aromatic rings. The largest absolute Gasteiger partial charge is 0.439 e. The van der Waals surface area contributed by atoms with E-state index >= 15 is 0 Å². The topological polar surface area (TPSA) is 85.4 Å². The number of carbonyl (C=O) groups excluding carboxylic acids is 1. The van der Waals surface area contributed by atoms with Crippen LogP contribution in [0.5, 0.6) is 0 Å². The number of hydrogen-bond acceptors (Lipinski definition) is 5. The molecule has 6 rings (SSSR count). The van der Waals surface area contributed by atoms with E-state index in [0.29, 0.717) is 28.3 Å². The summed E-state index contributed by atoms with van der Waals surface area (Å²) in [5.41, 5.74) is 3.50. The number of furan rings is 1. The molecule has 0 bridgehead atoms. The molecule has 0 spiro atoms. The summed E-state index contributed by atoms with van der Waals surface area (Å²) in [7, 11) is 0. The van der Waals surface area contributed by atoms with Gasteiger partial charge < -0.3 is 9.73 Å². The lowest BCUT2D eigenvalue weighted by atomic mass is 9.84. The van der Waals surface area contributed by atoms with E-state index in [0.717, 1.165) is 47.6 Å². The molecule has 33 heavy (non-hydrogen) atoms. The fraction of sp³-hybridized carbons (Fsp3) is 0.222. The molecule has 164 valence electrons. The maximum atomic E-state index is 13.8. The summed E-state index contributed by atoms with van der Waals surface area (Å²) in [4.78, 5) is 24.5. The van der Waals surface area contributed by atoms with Crippen molar-refractivity contribution in [1.82, 2.24) is 0 Å². The number of rotatable bonds is 4. The first kappa shape index (κ1) is 19.7. The third-order valence-corrected chi connectivity index (χ3v) is 6.84. The molecule has 0 unspecified atom stereocenters. The van der Waals surface area contributed by atoms with Gasteiger partial charge in [-0.15, -0.1) is 0 Å². The van der Waals surface area contributed by atoms with Crippen molar-refractivity contribution < 1.29 is 14.1 Å². The van der Waals surface area contributed by atoms with Gasteiger partial charge in [0.2, 0.25) is 5.88 Å². The van der Waals surface area contributed by atoms with Crippen molar-refractivity contribution in [2.75, 3.05) is 5.32 Å². The molecule has 6 heteroatoms. The van der Waals surface area contributed by atoms with E-state index in [1.165, 1.54) is 18.6 Å². The fourth-order valence-corrected chi connectivity index (χ4v) is 5.25. The number of carbonyl (C=O) groups is 1. The molecule has 0 radical (unpaired) electrons. The lowest BCUT2D eigenvalue weighted by Crippen LogP contribution is -2.22. The number of nitrogens with zero attached hydrogens (tertiary/aromatic N) is 1. The fourth-order valence-electron chi connectivity index (χ4n) is 5.25. The van der Waals surface area contributed by atoms with E-state index in [-0.39, 0.29) is 17.5 Å². The van der Waals surface area contributed by atoms with Crippen molar-refractivity contribution in [2.24, 2.45) is 0 Å². The van der Waals surface area contributed by atoms with E-state index in [1.807, 2.05) is 36.4 Å². The van der Waals surface area contributed by atoms with Gasteiger partial charge in [-0.05, 0) is 35.9 Å². The minimum atomic E-state index is -0.419. The van der Waals surface area contributed by atoms with E-state index in [9.17, 15) is 14.9 Å². The van der Waals surface area contributed by atoms with E-state index in [4.69, 9.17) is 4.42 Å². The van der Waals surface area contributed by atoms with Crippen LogP contribution in [0.1, 0.15) is 48.0 Å². The number of ketones is 1. The Kier molecular flexibility index (Phi) is 4.54. The number of non-ortho nitro benzene ring substituents is 1. The number of anilines is 1. The van der Waals surface area contributed by atoms with Gasteiger partial charge in [0.1, 0.15) is 5.76 Å². The highest BCUT2D eigenvalue weighted by atomic mass is 16.6. The number of hydrogen-bond donors (Lipinski definition) is 1. The summed E-state index contributed by atoms with van der Waals surface area (Å²) in [6.07, 6.45) is 5.66. The van der Waals surface area contributed by atoms with Crippen LogP contribution in [-0.4, -0.2) is 16.7 Å². The van der Waals surface area contributed by atoms with Crippen molar-refractivity contribution in [3.05, 3.63) is 81.9 Å². The quantitative estimate of drug-likeness (QED) is 0.242. The zero-order valence-corrected chi connectivity index (χ0v) is 18.0. The highest BCUT2D eigenvalue weighted by Crippen LogP contribution is 2.48. The molecule has 0 amide bonds. The molecule has 1 heterocycles. The summed E-state index contributed by atoms with van der Waals surface area (Å²) in [5.74, 6) is 1.05. The van der Waals surface area contributed by atoms with E-state index < -0.39 is 4.92 Å². The van der Waals surface area contributed by atoms with Crippen LogP contribution in [0.3, 0.4) is 0 Å². The Labute approximate surface area is 190 Å². The molecule has 1 saturated carbocycles. The van der Waals surface area contributed by atoms with Crippen molar-refractivity contribution in [3.63, 3.8) is 0 Å².